The first-order valence-electron chi connectivity index (χ1n) is 5.71. The van der Waals surface area contributed by atoms with Gasteiger partial charge in [0.15, 0.2) is 17.5 Å². The Morgan fingerprint density at radius 1 is 1.24 bits per heavy atom. The highest BCUT2D eigenvalue weighted by molar-refractivity contribution is 5.47. The van der Waals surface area contributed by atoms with Crippen LogP contribution in [-0.2, 0) is 0 Å². The lowest BCUT2D eigenvalue weighted by atomic mass is 10.2. The topological polar surface area (TPSA) is 15.3 Å². The van der Waals surface area contributed by atoms with Crippen LogP contribution >= 0.6 is 0 Å². The van der Waals surface area contributed by atoms with Crippen LogP contribution in [0.2, 0.25) is 0 Å². The van der Waals surface area contributed by atoms with Crippen molar-refractivity contribution in [2.75, 3.05) is 24.5 Å². The molecule has 0 radical (unpaired) electrons. The number of halogens is 3. The summed E-state index contributed by atoms with van der Waals surface area (Å²) in [5.74, 6) is -3.68. The monoisotopic (exact) mass is 244 g/mol. The Morgan fingerprint density at radius 3 is 2.53 bits per heavy atom. The molecule has 1 aliphatic rings. The standard InChI is InChI=1S/C12H15F3N2/c1-8-7-17(4-2-3-16-8)9-5-10(13)12(15)11(14)6-9/h5-6,8,16H,2-4,7H2,1H3. The number of hydrogen-bond donors (Lipinski definition) is 1. The third-order valence-corrected chi connectivity index (χ3v) is 2.93. The molecular formula is C12H15F3N2. The lowest BCUT2D eigenvalue weighted by molar-refractivity contribution is 0.446. The fourth-order valence-corrected chi connectivity index (χ4v) is 2.06. The quantitative estimate of drug-likeness (QED) is 0.762. The molecule has 1 atom stereocenters. The summed E-state index contributed by atoms with van der Waals surface area (Å²) in [6.07, 6.45) is 0.894. The van der Waals surface area contributed by atoms with Gasteiger partial charge < -0.3 is 10.2 Å². The molecule has 5 heteroatoms. The minimum Gasteiger partial charge on any atom is -0.370 e. The molecule has 1 saturated heterocycles. The van der Waals surface area contributed by atoms with Gasteiger partial charge in [0.25, 0.3) is 0 Å². The van der Waals surface area contributed by atoms with E-state index in [1.54, 1.807) is 0 Å². The maximum absolute atomic E-state index is 13.1. The largest absolute Gasteiger partial charge is 0.370 e. The van der Waals surface area contributed by atoms with Gasteiger partial charge in [-0.2, -0.15) is 0 Å². The van der Waals surface area contributed by atoms with Crippen molar-refractivity contribution in [2.24, 2.45) is 0 Å². The molecule has 1 aromatic rings. The van der Waals surface area contributed by atoms with Gasteiger partial charge in [0, 0.05) is 37.0 Å². The fraction of sp³-hybridized carbons (Fsp3) is 0.500. The van der Waals surface area contributed by atoms with Crippen LogP contribution in [0.25, 0.3) is 0 Å². The number of nitrogens with one attached hydrogen (secondary N) is 1. The van der Waals surface area contributed by atoms with E-state index in [2.05, 4.69) is 5.32 Å². The molecule has 0 saturated carbocycles. The van der Waals surface area contributed by atoms with E-state index in [0.717, 1.165) is 25.1 Å². The molecule has 2 nitrogen and oxygen atoms in total. The summed E-state index contributed by atoms with van der Waals surface area (Å²) in [6.45, 7) is 4.25. The van der Waals surface area contributed by atoms with E-state index >= 15 is 0 Å². The smallest absolute Gasteiger partial charge is 0.194 e. The van der Waals surface area contributed by atoms with Gasteiger partial charge in [-0.25, -0.2) is 13.2 Å². The summed E-state index contributed by atoms with van der Waals surface area (Å²) in [7, 11) is 0. The van der Waals surface area contributed by atoms with Gasteiger partial charge in [-0.3, -0.25) is 0 Å². The van der Waals surface area contributed by atoms with Crippen molar-refractivity contribution < 1.29 is 13.2 Å². The third kappa shape index (κ3) is 2.72. The second-order valence-electron chi connectivity index (χ2n) is 4.38. The highest BCUT2D eigenvalue weighted by Gasteiger charge is 2.18. The number of nitrogens with zero attached hydrogens (tertiary/aromatic N) is 1. The molecule has 1 N–H and O–H groups in total. The zero-order valence-electron chi connectivity index (χ0n) is 9.64. The van der Waals surface area contributed by atoms with E-state index in [4.69, 9.17) is 0 Å². The normalized spacial score (nSPS) is 21.4. The van der Waals surface area contributed by atoms with Gasteiger partial charge in [0.1, 0.15) is 0 Å². The zero-order valence-corrected chi connectivity index (χ0v) is 9.64. The predicted molar refractivity (Wildman–Crippen MR) is 60.6 cm³/mol. The van der Waals surface area contributed by atoms with Gasteiger partial charge in [-0.05, 0) is 19.9 Å². The Labute approximate surface area is 98.4 Å². The molecule has 0 spiro atoms. The SMILES string of the molecule is CC1CN(c2cc(F)c(F)c(F)c2)CCCN1. The summed E-state index contributed by atoms with van der Waals surface area (Å²) in [4.78, 5) is 1.87. The molecule has 0 aliphatic carbocycles. The lowest BCUT2D eigenvalue weighted by Crippen LogP contribution is -2.35. The van der Waals surface area contributed by atoms with Crippen LogP contribution in [-0.4, -0.2) is 25.7 Å². The van der Waals surface area contributed by atoms with Gasteiger partial charge in [-0.1, -0.05) is 0 Å². The maximum atomic E-state index is 13.1. The molecule has 1 unspecified atom stereocenters. The number of anilines is 1. The van der Waals surface area contributed by atoms with E-state index in [0.29, 0.717) is 18.8 Å². The highest BCUT2D eigenvalue weighted by Crippen LogP contribution is 2.22. The van der Waals surface area contributed by atoms with Crippen molar-refractivity contribution in [3.8, 4) is 0 Å². The summed E-state index contributed by atoms with van der Waals surface area (Å²) in [5.41, 5.74) is 0.400. The Bertz CT molecular complexity index is 386. The van der Waals surface area contributed by atoms with E-state index in [9.17, 15) is 13.2 Å². The Balaban J connectivity index is 2.26. The average Bonchev–Trinajstić information content (AvgIpc) is 2.50. The fourth-order valence-electron chi connectivity index (χ4n) is 2.06. The molecule has 0 aromatic heterocycles. The predicted octanol–water partition coefficient (Wildman–Crippen LogP) is 2.29. The van der Waals surface area contributed by atoms with Crippen molar-refractivity contribution in [3.05, 3.63) is 29.6 Å². The number of hydrogen-bond acceptors (Lipinski definition) is 2. The molecule has 1 heterocycles. The number of benzene rings is 1. The second-order valence-corrected chi connectivity index (χ2v) is 4.38. The first-order chi connectivity index (χ1) is 8.08. The summed E-state index contributed by atoms with van der Waals surface area (Å²) >= 11 is 0. The van der Waals surface area contributed by atoms with Gasteiger partial charge >= 0.3 is 0 Å². The second kappa shape index (κ2) is 4.96. The van der Waals surface area contributed by atoms with Crippen molar-refractivity contribution in [2.45, 2.75) is 19.4 Å². The average molecular weight is 244 g/mol. The molecule has 1 aromatic carbocycles. The molecule has 1 aliphatic heterocycles. The number of rotatable bonds is 1. The third-order valence-electron chi connectivity index (χ3n) is 2.93. The first-order valence-corrected chi connectivity index (χ1v) is 5.71. The van der Waals surface area contributed by atoms with Gasteiger partial charge in [-0.15, -0.1) is 0 Å². The van der Waals surface area contributed by atoms with Crippen molar-refractivity contribution in [1.29, 1.82) is 0 Å². The van der Waals surface area contributed by atoms with E-state index in [1.807, 2.05) is 11.8 Å². The minimum absolute atomic E-state index is 0.244. The maximum Gasteiger partial charge on any atom is 0.194 e. The summed E-state index contributed by atoms with van der Waals surface area (Å²) in [6, 6.07) is 2.35. The molecule has 94 valence electrons. The molecule has 1 fully saturated rings. The van der Waals surface area contributed by atoms with Crippen molar-refractivity contribution in [1.82, 2.24) is 5.32 Å². The van der Waals surface area contributed by atoms with E-state index < -0.39 is 17.5 Å². The lowest BCUT2D eigenvalue weighted by Gasteiger charge is -2.25. The van der Waals surface area contributed by atoms with Gasteiger partial charge in [0.05, 0.1) is 0 Å². The van der Waals surface area contributed by atoms with Crippen molar-refractivity contribution >= 4 is 5.69 Å². The Morgan fingerprint density at radius 2 is 1.88 bits per heavy atom. The van der Waals surface area contributed by atoms with Crippen LogP contribution in [0.5, 0.6) is 0 Å². The van der Waals surface area contributed by atoms with Gasteiger partial charge in [0.2, 0.25) is 0 Å². The van der Waals surface area contributed by atoms with E-state index in [1.165, 1.54) is 0 Å². The molecule has 0 amide bonds. The Kier molecular flexibility index (Phi) is 3.57. The van der Waals surface area contributed by atoms with E-state index in [-0.39, 0.29) is 6.04 Å². The van der Waals surface area contributed by atoms with Crippen LogP contribution < -0.4 is 10.2 Å². The summed E-state index contributed by atoms with van der Waals surface area (Å²) in [5, 5.41) is 3.28. The summed E-state index contributed by atoms with van der Waals surface area (Å²) < 4.78 is 39.1. The Hall–Kier alpha value is -1.23. The minimum atomic E-state index is -1.41. The van der Waals surface area contributed by atoms with Crippen LogP contribution in [0.4, 0.5) is 18.9 Å². The highest BCUT2D eigenvalue weighted by atomic mass is 19.2. The molecular weight excluding hydrogens is 229 g/mol. The molecule has 17 heavy (non-hydrogen) atoms. The molecule has 0 bridgehead atoms. The van der Waals surface area contributed by atoms with Crippen LogP contribution in [0, 0.1) is 17.5 Å². The molecule has 2 rings (SSSR count). The zero-order chi connectivity index (χ0) is 12.4. The van der Waals surface area contributed by atoms with Crippen LogP contribution in [0.15, 0.2) is 12.1 Å². The van der Waals surface area contributed by atoms with Crippen LogP contribution in [0.1, 0.15) is 13.3 Å². The first kappa shape index (κ1) is 12.2. The van der Waals surface area contributed by atoms with Crippen LogP contribution in [0.3, 0.4) is 0 Å². The van der Waals surface area contributed by atoms with Crippen molar-refractivity contribution in [3.63, 3.8) is 0 Å².